The molecule has 0 bridgehead atoms. The van der Waals surface area contributed by atoms with Gasteiger partial charge in [-0.25, -0.2) is 9.18 Å². The van der Waals surface area contributed by atoms with Crippen LogP contribution in [0.4, 0.5) is 15.1 Å². The van der Waals surface area contributed by atoms with Crippen molar-refractivity contribution in [3.8, 4) is 0 Å². The van der Waals surface area contributed by atoms with Gasteiger partial charge < -0.3 is 9.84 Å². The molecule has 0 radical (unpaired) electrons. The number of urea groups is 1. The number of hydrogen-bond donors (Lipinski definition) is 2. The fraction of sp³-hybridized carbons (Fsp3) is 0.167. The lowest BCUT2D eigenvalue weighted by atomic mass is 10.1. The first-order valence-electron chi connectivity index (χ1n) is 5.44. The first-order chi connectivity index (χ1) is 8.74. The Bertz CT molecular complexity index is 497. The van der Waals surface area contributed by atoms with Crippen molar-refractivity contribution in [1.29, 1.82) is 0 Å². The van der Waals surface area contributed by atoms with E-state index < -0.39 is 0 Å². The minimum Gasteiger partial charge on any atom is -0.338 e. The molecule has 0 unspecified atom stereocenters. The van der Waals surface area contributed by atoms with Gasteiger partial charge in [-0.3, -0.25) is 5.32 Å². The minimum atomic E-state index is -0.367. The third kappa shape index (κ3) is 3.58. The largest absolute Gasteiger partial charge is 0.338 e. The van der Waals surface area contributed by atoms with Crippen LogP contribution in [0, 0.1) is 5.82 Å². The van der Waals surface area contributed by atoms with E-state index in [1.54, 1.807) is 18.2 Å². The monoisotopic (exact) mass is 249 g/mol. The van der Waals surface area contributed by atoms with Crippen molar-refractivity contribution >= 4 is 11.9 Å². The molecule has 5 nitrogen and oxygen atoms in total. The summed E-state index contributed by atoms with van der Waals surface area (Å²) in [6, 6.07) is 7.33. The summed E-state index contributed by atoms with van der Waals surface area (Å²) in [5.74, 6) is 0.0176. The maximum Gasteiger partial charge on any atom is 0.321 e. The first-order valence-corrected chi connectivity index (χ1v) is 5.44. The van der Waals surface area contributed by atoms with Gasteiger partial charge in [-0.1, -0.05) is 17.3 Å². The van der Waals surface area contributed by atoms with Crippen molar-refractivity contribution in [3.63, 3.8) is 0 Å². The molecule has 2 aromatic rings. The van der Waals surface area contributed by atoms with Crippen LogP contribution >= 0.6 is 0 Å². The average Bonchev–Trinajstić information content (AvgIpc) is 2.84. The van der Waals surface area contributed by atoms with E-state index in [1.165, 1.54) is 18.3 Å². The van der Waals surface area contributed by atoms with Gasteiger partial charge in [-0.2, -0.15) is 0 Å². The number of carbonyl (C=O) groups is 1. The van der Waals surface area contributed by atoms with E-state index in [-0.39, 0.29) is 17.7 Å². The van der Waals surface area contributed by atoms with E-state index in [0.717, 1.165) is 5.56 Å². The summed E-state index contributed by atoms with van der Waals surface area (Å²) in [6.07, 6.45) is 2.07. The molecule has 2 rings (SSSR count). The third-order valence-electron chi connectivity index (χ3n) is 2.29. The van der Waals surface area contributed by atoms with Crippen LogP contribution in [0.15, 0.2) is 41.1 Å². The van der Waals surface area contributed by atoms with Gasteiger partial charge in [0.25, 0.3) is 0 Å². The van der Waals surface area contributed by atoms with E-state index in [4.69, 9.17) is 4.52 Å². The molecule has 0 atom stereocenters. The van der Waals surface area contributed by atoms with Crippen LogP contribution in [0.1, 0.15) is 5.56 Å². The van der Waals surface area contributed by atoms with Gasteiger partial charge in [0.05, 0.1) is 6.20 Å². The molecule has 0 saturated heterocycles. The standard InChI is InChI=1S/C12H12FN3O2/c13-10-3-1-9(2-4-10)5-7-14-12(17)16-11-6-8-15-18-11/h1-4,6,8H,5,7H2,(H2,14,16,17). The molecular weight excluding hydrogens is 237 g/mol. The zero-order valence-corrected chi connectivity index (χ0v) is 9.52. The Morgan fingerprint density at radius 2 is 2.06 bits per heavy atom. The number of aromatic nitrogens is 1. The highest BCUT2D eigenvalue weighted by atomic mass is 19.1. The number of benzene rings is 1. The zero-order valence-electron chi connectivity index (χ0n) is 9.52. The highest BCUT2D eigenvalue weighted by molar-refractivity contribution is 5.87. The Morgan fingerprint density at radius 3 is 2.72 bits per heavy atom. The Kier molecular flexibility index (Phi) is 3.90. The highest BCUT2D eigenvalue weighted by Gasteiger charge is 2.03. The Morgan fingerprint density at radius 1 is 1.28 bits per heavy atom. The Balaban J connectivity index is 1.72. The Hall–Kier alpha value is -2.37. The predicted molar refractivity (Wildman–Crippen MR) is 63.6 cm³/mol. The molecule has 6 heteroatoms. The summed E-state index contributed by atoms with van der Waals surface area (Å²) in [4.78, 5) is 11.4. The number of nitrogens with zero attached hydrogens (tertiary/aromatic N) is 1. The molecule has 0 aliphatic carbocycles. The molecule has 0 spiro atoms. The normalized spacial score (nSPS) is 10.1. The van der Waals surface area contributed by atoms with Gasteiger partial charge in [-0.15, -0.1) is 0 Å². The van der Waals surface area contributed by atoms with Crippen molar-refractivity contribution in [2.75, 3.05) is 11.9 Å². The van der Waals surface area contributed by atoms with Crippen LogP contribution < -0.4 is 10.6 Å². The predicted octanol–water partition coefficient (Wildman–Crippen LogP) is 2.18. The number of nitrogens with one attached hydrogen (secondary N) is 2. The molecule has 2 N–H and O–H groups in total. The lowest BCUT2D eigenvalue weighted by Crippen LogP contribution is -2.30. The molecule has 94 valence electrons. The van der Waals surface area contributed by atoms with Crippen LogP contribution in [-0.4, -0.2) is 17.7 Å². The van der Waals surface area contributed by atoms with Crippen LogP contribution in [0.3, 0.4) is 0 Å². The minimum absolute atomic E-state index is 0.269. The van der Waals surface area contributed by atoms with Crippen LogP contribution in [0.25, 0.3) is 0 Å². The Labute approximate surface area is 103 Å². The molecule has 0 aliphatic heterocycles. The van der Waals surface area contributed by atoms with Gasteiger partial charge in [0.2, 0.25) is 5.88 Å². The summed E-state index contributed by atoms with van der Waals surface area (Å²) in [7, 11) is 0. The summed E-state index contributed by atoms with van der Waals surface area (Å²) in [5, 5.41) is 8.59. The van der Waals surface area contributed by atoms with Gasteiger partial charge >= 0.3 is 6.03 Å². The number of amides is 2. The molecule has 18 heavy (non-hydrogen) atoms. The van der Waals surface area contributed by atoms with E-state index in [9.17, 15) is 9.18 Å². The van der Waals surface area contributed by atoms with Gasteiger partial charge in [0.15, 0.2) is 0 Å². The van der Waals surface area contributed by atoms with E-state index in [1.807, 2.05) is 0 Å². The number of halogens is 1. The van der Waals surface area contributed by atoms with E-state index in [2.05, 4.69) is 15.8 Å². The second kappa shape index (κ2) is 5.81. The maximum absolute atomic E-state index is 12.7. The van der Waals surface area contributed by atoms with E-state index in [0.29, 0.717) is 13.0 Å². The number of hydrogen-bond acceptors (Lipinski definition) is 3. The SMILES string of the molecule is O=C(NCCc1ccc(F)cc1)Nc1ccno1. The van der Waals surface area contributed by atoms with E-state index >= 15 is 0 Å². The molecule has 1 aromatic carbocycles. The maximum atomic E-state index is 12.7. The molecule has 0 aliphatic rings. The molecule has 0 fully saturated rings. The molecular formula is C12H12FN3O2. The molecule has 2 amide bonds. The number of carbonyl (C=O) groups excluding carboxylic acids is 1. The summed E-state index contributed by atoms with van der Waals surface area (Å²) < 4.78 is 17.4. The van der Waals surface area contributed by atoms with Crippen molar-refractivity contribution in [2.24, 2.45) is 0 Å². The summed E-state index contributed by atoms with van der Waals surface area (Å²) >= 11 is 0. The van der Waals surface area contributed by atoms with Crippen LogP contribution in [0.2, 0.25) is 0 Å². The molecule has 0 saturated carbocycles. The fourth-order valence-electron chi connectivity index (χ4n) is 1.41. The lowest BCUT2D eigenvalue weighted by molar-refractivity contribution is 0.251. The number of anilines is 1. The highest BCUT2D eigenvalue weighted by Crippen LogP contribution is 2.04. The zero-order chi connectivity index (χ0) is 12.8. The summed E-state index contributed by atoms with van der Waals surface area (Å²) in [6.45, 7) is 0.450. The van der Waals surface area contributed by atoms with Crippen molar-refractivity contribution in [1.82, 2.24) is 10.5 Å². The lowest BCUT2D eigenvalue weighted by Gasteiger charge is -2.05. The second-order valence-corrected chi connectivity index (χ2v) is 3.63. The topological polar surface area (TPSA) is 67.2 Å². The van der Waals surface area contributed by atoms with Crippen molar-refractivity contribution < 1.29 is 13.7 Å². The second-order valence-electron chi connectivity index (χ2n) is 3.63. The fourth-order valence-corrected chi connectivity index (χ4v) is 1.41. The third-order valence-corrected chi connectivity index (χ3v) is 2.29. The van der Waals surface area contributed by atoms with Crippen LogP contribution in [-0.2, 0) is 6.42 Å². The first kappa shape index (κ1) is 12.1. The van der Waals surface area contributed by atoms with Crippen molar-refractivity contribution in [2.45, 2.75) is 6.42 Å². The average molecular weight is 249 g/mol. The molecule has 1 aromatic heterocycles. The smallest absolute Gasteiger partial charge is 0.321 e. The number of rotatable bonds is 4. The van der Waals surface area contributed by atoms with Gasteiger partial charge in [0, 0.05) is 12.6 Å². The van der Waals surface area contributed by atoms with Gasteiger partial charge in [-0.05, 0) is 24.1 Å². The van der Waals surface area contributed by atoms with Crippen LogP contribution in [0.5, 0.6) is 0 Å². The quantitative estimate of drug-likeness (QED) is 0.872. The van der Waals surface area contributed by atoms with Gasteiger partial charge in [0.1, 0.15) is 5.82 Å². The summed E-state index contributed by atoms with van der Waals surface area (Å²) in [5.41, 5.74) is 0.955. The molecule has 1 heterocycles. The van der Waals surface area contributed by atoms with Crippen molar-refractivity contribution in [3.05, 3.63) is 47.9 Å².